The molecule has 122 valence electrons. The quantitative estimate of drug-likeness (QED) is 0.595. The Morgan fingerprint density at radius 3 is 2.70 bits per heavy atom. The lowest BCUT2D eigenvalue weighted by Gasteiger charge is -2.13. The van der Waals surface area contributed by atoms with E-state index in [0.29, 0.717) is 10.9 Å². The highest BCUT2D eigenvalue weighted by atomic mass is 16.4. The molecule has 6 heteroatoms. The number of carbonyl (C=O) groups excluding carboxylic acids is 1. The second-order valence-corrected chi connectivity index (χ2v) is 6.03. The Labute approximate surface area is 132 Å². The van der Waals surface area contributed by atoms with Gasteiger partial charge in [-0.2, -0.15) is 0 Å². The fraction of sp³-hybridized carbons (Fsp3) is 0.412. The van der Waals surface area contributed by atoms with Crippen LogP contribution in [-0.2, 0) is 11.2 Å². The molecule has 0 atom stereocenters. The first-order valence-corrected chi connectivity index (χ1v) is 7.74. The van der Waals surface area contributed by atoms with Gasteiger partial charge < -0.3 is 19.9 Å². The lowest BCUT2D eigenvalue weighted by Crippen LogP contribution is -2.35. The molecule has 1 fully saturated rings. The van der Waals surface area contributed by atoms with Crippen molar-refractivity contribution in [3.05, 3.63) is 33.7 Å². The third-order valence-electron chi connectivity index (χ3n) is 4.47. The van der Waals surface area contributed by atoms with E-state index in [4.69, 9.17) is 4.42 Å². The van der Waals surface area contributed by atoms with Crippen LogP contribution in [0.3, 0.4) is 0 Å². The van der Waals surface area contributed by atoms with Crippen LogP contribution < -0.4 is 10.9 Å². The van der Waals surface area contributed by atoms with E-state index in [-0.39, 0.29) is 35.3 Å². The van der Waals surface area contributed by atoms with Crippen LogP contribution >= 0.6 is 0 Å². The van der Waals surface area contributed by atoms with E-state index in [1.54, 1.807) is 13.0 Å². The molecule has 1 aliphatic carbocycles. The summed E-state index contributed by atoms with van der Waals surface area (Å²) in [6.07, 6.45) is 4.13. The molecule has 0 unspecified atom stereocenters. The first-order valence-electron chi connectivity index (χ1n) is 7.74. The van der Waals surface area contributed by atoms with Crippen molar-refractivity contribution in [1.29, 1.82) is 0 Å². The van der Waals surface area contributed by atoms with E-state index in [9.17, 15) is 19.8 Å². The van der Waals surface area contributed by atoms with Crippen molar-refractivity contribution >= 4 is 16.9 Å². The van der Waals surface area contributed by atoms with Crippen LogP contribution in [0.25, 0.3) is 11.0 Å². The fourth-order valence-electron chi connectivity index (χ4n) is 3.14. The van der Waals surface area contributed by atoms with E-state index in [2.05, 4.69) is 5.32 Å². The molecule has 0 spiro atoms. The van der Waals surface area contributed by atoms with Crippen LogP contribution in [0.4, 0.5) is 0 Å². The number of benzene rings is 1. The molecule has 1 amide bonds. The SMILES string of the molecule is Cc1c(CC(=O)NC2CCCC2)c(=O)oc2c(O)c(O)ccc12. The van der Waals surface area contributed by atoms with Crippen molar-refractivity contribution in [1.82, 2.24) is 5.32 Å². The zero-order chi connectivity index (χ0) is 16.6. The summed E-state index contributed by atoms with van der Waals surface area (Å²) in [7, 11) is 0. The summed E-state index contributed by atoms with van der Waals surface area (Å²) in [6, 6.07) is 3.07. The molecule has 0 bridgehead atoms. The van der Waals surface area contributed by atoms with Crippen molar-refractivity contribution in [3.63, 3.8) is 0 Å². The molecule has 2 aromatic rings. The number of aromatic hydroxyl groups is 2. The lowest BCUT2D eigenvalue weighted by atomic mass is 10.0. The molecule has 0 radical (unpaired) electrons. The Hall–Kier alpha value is -2.50. The summed E-state index contributed by atoms with van der Waals surface area (Å²) in [6.45, 7) is 1.70. The van der Waals surface area contributed by atoms with Crippen LogP contribution in [-0.4, -0.2) is 22.2 Å². The predicted octanol–water partition coefficient (Wildman–Crippen LogP) is 2.11. The number of nitrogens with one attached hydrogen (secondary N) is 1. The highest BCUT2D eigenvalue weighted by Crippen LogP contribution is 2.34. The van der Waals surface area contributed by atoms with Gasteiger partial charge in [0.15, 0.2) is 11.3 Å². The van der Waals surface area contributed by atoms with E-state index in [0.717, 1.165) is 25.7 Å². The highest BCUT2D eigenvalue weighted by Gasteiger charge is 2.21. The average molecular weight is 317 g/mol. The Morgan fingerprint density at radius 1 is 1.30 bits per heavy atom. The third kappa shape index (κ3) is 2.88. The van der Waals surface area contributed by atoms with Gasteiger partial charge in [0.2, 0.25) is 11.7 Å². The van der Waals surface area contributed by atoms with Gasteiger partial charge in [-0.25, -0.2) is 4.79 Å². The average Bonchev–Trinajstić information content (AvgIpc) is 3.00. The monoisotopic (exact) mass is 317 g/mol. The normalized spacial score (nSPS) is 15.2. The van der Waals surface area contributed by atoms with Gasteiger partial charge in [-0.05, 0) is 37.5 Å². The summed E-state index contributed by atoms with van der Waals surface area (Å²) in [5.41, 5.74) is 0.121. The van der Waals surface area contributed by atoms with E-state index < -0.39 is 11.4 Å². The van der Waals surface area contributed by atoms with Crippen molar-refractivity contribution in [3.8, 4) is 11.5 Å². The number of amides is 1. The summed E-state index contributed by atoms with van der Waals surface area (Å²) in [5.74, 6) is -1.02. The Bertz CT molecular complexity index is 818. The smallest absolute Gasteiger partial charge is 0.340 e. The van der Waals surface area contributed by atoms with Gasteiger partial charge in [-0.15, -0.1) is 0 Å². The zero-order valence-electron chi connectivity index (χ0n) is 12.9. The van der Waals surface area contributed by atoms with E-state index >= 15 is 0 Å². The molecule has 1 aromatic heterocycles. The molecule has 1 saturated carbocycles. The van der Waals surface area contributed by atoms with Gasteiger partial charge >= 0.3 is 5.63 Å². The Morgan fingerprint density at radius 2 is 2.00 bits per heavy atom. The summed E-state index contributed by atoms with van der Waals surface area (Å²) in [4.78, 5) is 24.3. The molecule has 6 nitrogen and oxygen atoms in total. The number of rotatable bonds is 3. The number of phenolic OH excluding ortho intramolecular Hbond substituents is 2. The van der Waals surface area contributed by atoms with Crippen LogP contribution in [0.2, 0.25) is 0 Å². The molecule has 1 heterocycles. The number of fused-ring (bicyclic) bond motifs is 1. The van der Waals surface area contributed by atoms with E-state index in [1.807, 2.05) is 0 Å². The molecule has 3 N–H and O–H groups in total. The number of aryl methyl sites for hydroxylation is 1. The van der Waals surface area contributed by atoms with Crippen molar-refractivity contribution in [2.45, 2.75) is 45.1 Å². The number of phenols is 2. The molecule has 3 rings (SSSR count). The zero-order valence-corrected chi connectivity index (χ0v) is 12.9. The molecule has 1 aliphatic rings. The second kappa shape index (κ2) is 5.95. The van der Waals surface area contributed by atoms with Gasteiger partial charge in [0.1, 0.15) is 0 Å². The van der Waals surface area contributed by atoms with Crippen LogP contribution in [0.5, 0.6) is 11.5 Å². The second-order valence-electron chi connectivity index (χ2n) is 6.03. The maximum atomic E-state index is 12.2. The van der Waals surface area contributed by atoms with Crippen LogP contribution in [0, 0.1) is 6.92 Å². The van der Waals surface area contributed by atoms with Gasteiger partial charge in [0, 0.05) is 11.4 Å². The lowest BCUT2D eigenvalue weighted by molar-refractivity contribution is -0.121. The molecule has 0 saturated heterocycles. The van der Waals surface area contributed by atoms with Crippen molar-refractivity contribution < 1.29 is 19.4 Å². The minimum atomic E-state index is -0.669. The molecular weight excluding hydrogens is 298 g/mol. The maximum absolute atomic E-state index is 12.2. The molecule has 23 heavy (non-hydrogen) atoms. The Kier molecular flexibility index (Phi) is 3.98. The third-order valence-corrected chi connectivity index (χ3v) is 4.47. The first-order chi connectivity index (χ1) is 11.0. The minimum absolute atomic E-state index is 0.0533. The summed E-state index contributed by atoms with van der Waals surface area (Å²) < 4.78 is 5.11. The molecule has 1 aromatic carbocycles. The summed E-state index contributed by atoms with van der Waals surface area (Å²) in [5, 5.41) is 22.7. The minimum Gasteiger partial charge on any atom is -0.504 e. The van der Waals surface area contributed by atoms with Gasteiger partial charge in [-0.1, -0.05) is 12.8 Å². The molecule has 0 aliphatic heterocycles. The standard InChI is InChI=1S/C17H19NO5/c1-9-11-6-7-13(19)15(21)16(11)23-17(22)12(9)8-14(20)18-10-4-2-3-5-10/h6-7,10,19,21H,2-5,8H2,1H3,(H,18,20). The maximum Gasteiger partial charge on any atom is 0.340 e. The van der Waals surface area contributed by atoms with Crippen LogP contribution in [0.1, 0.15) is 36.8 Å². The van der Waals surface area contributed by atoms with Gasteiger partial charge in [-0.3, -0.25) is 4.79 Å². The first kappa shape index (κ1) is 15.4. The predicted molar refractivity (Wildman–Crippen MR) is 84.7 cm³/mol. The topological polar surface area (TPSA) is 99.8 Å². The summed E-state index contributed by atoms with van der Waals surface area (Å²) >= 11 is 0. The van der Waals surface area contributed by atoms with Gasteiger partial charge in [0.25, 0.3) is 0 Å². The van der Waals surface area contributed by atoms with Crippen molar-refractivity contribution in [2.75, 3.05) is 0 Å². The molecular formula is C17H19NO5. The van der Waals surface area contributed by atoms with Gasteiger partial charge in [0.05, 0.1) is 12.0 Å². The van der Waals surface area contributed by atoms with Crippen LogP contribution in [0.15, 0.2) is 21.3 Å². The Balaban J connectivity index is 1.93. The van der Waals surface area contributed by atoms with Crippen molar-refractivity contribution in [2.24, 2.45) is 0 Å². The fourth-order valence-corrected chi connectivity index (χ4v) is 3.14. The number of hydrogen-bond donors (Lipinski definition) is 3. The van der Waals surface area contributed by atoms with E-state index in [1.165, 1.54) is 6.07 Å². The number of carbonyl (C=O) groups is 1. The largest absolute Gasteiger partial charge is 0.504 e. The highest BCUT2D eigenvalue weighted by molar-refractivity contribution is 5.89. The number of hydrogen-bond acceptors (Lipinski definition) is 5.